The van der Waals surface area contributed by atoms with Crippen molar-refractivity contribution < 1.29 is 23.1 Å². The van der Waals surface area contributed by atoms with Gasteiger partial charge < -0.3 is 5.11 Å². The van der Waals surface area contributed by atoms with Gasteiger partial charge in [-0.15, -0.1) is 0 Å². The standard InChI is InChI=1S/C21H14F3NO2/c22-21(23,24)16-7-3-1-5-12(16)11-13-9-10-15-18(20(26)27)14-6-2-4-8-17(14)25-19(13)15/h1-8,11H,9-10H2,(H,26,27). The molecule has 0 saturated heterocycles. The molecule has 1 aliphatic rings. The summed E-state index contributed by atoms with van der Waals surface area (Å²) in [6.07, 6.45) is -2.10. The highest BCUT2D eigenvalue weighted by atomic mass is 19.4. The minimum Gasteiger partial charge on any atom is -0.478 e. The molecule has 1 aliphatic carbocycles. The van der Waals surface area contributed by atoms with Crippen LogP contribution in [0, 0.1) is 0 Å². The van der Waals surface area contributed by atoms with E-state index in [9.17, 15) is 23.1 Å². The Balaban J connectivity index is 1.93. The van der Waals surface area contributed by atoms with Crippen LogP contribution < -0.4 is 0 Å². The highest BCUT2D eigenvalue weighted by Gasteiger charge is 2.33. The molecule has 3 aromatic rings. The third kappa shape index (κ3) is 2.97. The molecule has 1 N–H and O–H groups in total. The van der Waals surface area contributed by atoms with Crippen molar-refractivity contribution in [1.82, 2.24) is 4.98 Å². The Morgan fingerprint density at radius 2 is 1.74 bits per heavy atom. The van der Waals surface area contributed by atoms with Gasteiger partial charge in [-0.2, -0.15) is 13.2 Å². The quantitative estimate of drug-likeness (QED) is 0.654. The van der Waals surface area contributed by atoms with Gasteiger partial charge in [-0.05, 0) is 47.8 Å². The molecular weight excluding hydrogens is 355 g/mol. The smallest absolute Gasteiger partial charge is 0.416 e. The van der Waals surface area contributed by atoms with Crippen LogP contribution in [0.25, 0.3) is 22.6 Å². The van der Waals surface area contributed by atoms with Crippen molar-refractivity contribution in [2.45, 2.75) is 19.0 Å². The number of aromatic nitrogens is 1. The summed E-state index contributed by atoms with van der Waals surface area (Å²) in [5, 5.41) is 10.2. The van der Waals surface area contributed by atoms with Gasteiger partial charge in [0.25, 0.3) is 0 Å². The van der Waals surface area contributed by atoms with Gasteiger partial charge in [0.05, 0.1) is 22.3 Å². The minimum absolute atomic E-state index is 0.0553. The Bertz CT molecular complexity index is 1100. The van der Waals surface area contributed by atoms with E-state index in [4.69, 9.17) is 0 Å². The first-order valence-corrected chi connectivity index (χ1v) is 8.38. The molecule has 0 aliphatic heterocycles. The first-order valence-electron chi connectivity index (χ1n) is 8.38. The lowest BCUT2D eigenvalue weighted by molar-refractivity contribution is -0.137. The van der Waals surface area contributed by atoms with Gasteiger partial charge in [0, 0.05) is 5.39 Å². The van der Waals surface area contributed by atoms with E-state index in [1.54, 1.807) is 30.3 Å². The van der Waals surface area contributed by atoms with Crippen LogP contribution in [0.1, 0.15) is 39.2 Å². The fraction of sp³-hybridized carbons (Fsp3) is 0.143. The molecule has 0 unspecified atom stereocenters. The SMILES string of the molecule is O=C(O)c1c2c(nc3ccccc13)C(=Cc1ccccc1C(F)(F)F)CC2. The van der Waals surface area contributed by atoms with Crippen molar-refractivity contribution in [2.24, 2.45) is 0 Å². The molecule has 0 amide bonds. The van der Waals surface area contributed by atoms with E-state index >= 15 is 0 Å². The molecule has 4 rings (SSSR count). The molecule has 0 fully saturated rings. The zero-order valence-electron chi connectivity index (χ0n) is 14.0. The number of hydrogen-bond donors (Lipinski definition) is 1. The topological polar surface area (TPSA) is 50.2 Å². The molecule has 0 saturated carbocycles. The number of carboxylic acid groups (broad SMARTS) is 1. The van der Waals surface area contributed by atoms with E-state index in [0.717, 1.165) is 6.07 Å². The van der Waals surface area contributed by atoms with Crippen LogP contribution in [0.2, 0.25) is 0 Å². The summed E-state index contributed by atoms with van der Waals surface area (Å²) >= 11 is 0. The first kappa shape index (κ1) is 17.3. The maximum Gasteiger partial charge on any atom is 0.416 e. The molecular formula is C21H14F3NO2. The molecule has 6 heteroatoms. The summed E-state index contributed by atoms with van der Waals surface area (Å²) in [7, 11) is 0. The van der Waals surface area contributed by atoms with Crippen LogP contribution in [0.4, 0.5) is 13.2 Å². The fourth-order valence-electron chi connectivity index (χ4n) is 3.59. The Morgan fingerprint density at radius 3 is 2.48 bits per heavy atom. The molecule has 136 valence electrons. The zero-order chi connectivity index (χ0) is 19.2. The van der Waals surface area contributed by atoms with Crippen molar-refractivity contribution in [1.29, 1.82) is 0 Å². The second kappa shape index (κ2) is 6.23. The molecule has 0 radical (unpaired) electrons. The second-order valence-corrected chi connectivity index (χ2v) is 6.39. The van der Waals surface area contributed by atoms with E-state index in [-0.39, 0.29) is 11.1 Å². The van der Waals surface area contributed by atoms with Gasteiger partial charge in [-0.3, -0.25) is 0 Å². The summed E-state index contributed by atoms with van der Waals surface area (Å²) in [6.45, 7) is 0. The minimum atomic E-state index is -4.46. The van der Waals surface area contributed by atoms with Crippen molar-refractivity contribution in [3.63, 3.8) is 0 Å². The van der Waals surface area contributed by atoms with Crippen molar-refractivity contribution in [3.05, 3.63) is 76.5 Å². The fourth-order valence-corrected chi connectivity index (χ4v) is 3.59. The maximum absolute atomic E-state index is 13.3. The molecule has 27 heavy (non-hydrogen) atoms. The number of hydrogen-bond acceptors (Lipinski definition) is 2. The average Bonchev–Trinajstić information content (AvgIpc) is 3.01. The third-order valence-corrected chi connectivity index (χ3v) is 4.75. The molecule has 0 bridgehead atoms. The van der Waals surface area contributed by atoms with Crippen LogP contribution in [-0.2, 0) is 12.6 Å². The highest BCUT2D eigenvalue weighted by Crippen LogP contribution is 2.39. The summed E-state index contributed by atoms with van der Waals surface area (Å²) in [5.41, 5.74) is 1.72. The predicted octanol–water partition coefficient (Wildman–Crippen LogP) is 5.44. The second-order valence-electron chi connectivity index (χ2n) is 6.39. The van der Waals surface area contributed by atoms with Crippen LogP contribution >= 0.6 is 0 Å². The van der Waals surface area contributed by atoms with Crippen molar-refractivity contribution in [2.75, 3.05) is 0 Å². The summed E-state index contributed by atoms with van der Waals surface area (Å²) in [6, 6.07) is 12.3. The number of aromatic carboxylic acids is 1. The molecule has 1 aromatic heterocycles. The highest BCUT2D eigenvalue weighted by molar-refractivity contribution is 6.06. The van der Waals surface area contributed by atoms with Gasteiger partial charge in [0.2, 0.25) is 0 Å². The lowest BCUT2D eigenvalue weighted by Crippen LogP contribution is -2.07. The molecule has 3 nitrogen and oxygen atoms in total. The molecule has 1 heterocycles. The molecule has 2 aromatic carbocycles. The number of pyridine rings is 1. The number of fused-ring (bicyclic) bond motifs is 2. The summed E-state index contributed by atoms with van der Waals surface area (Å²) in [4.78, 5) is 16.4. The normalized spacial score (nSPS) is 15.3. The maximum atomic E-state index is 13.3. The number of benzene rings is 2. The summed E-state index contributed by atoms with van der Waals surface area (Å²) < 4.78 is 39.8. The number of allylic oxidation sites excluding steroid dienone is 1. The number of nitrogens with zero attached hydrogens (tertiary/aromatic N) is 1. The lowest BCUT2D eigenvalue weighted by Gasteiger charge is -2.11. The molecule has 0 atom stereocenters. The van der Waals surface area contributed by atoms with Crippen LogP contribution in [0.5, 0.6) is 0 Å². The van der Waals surface area contributed by atoms with Gasteiger partial charge in [0.15, 0.2) is 0 Å². The number of carboxylic acids is 1. The number of alkyl halides is 3. The Kier molecular flexibility index (Phi) is 3.98. The average molecular weight is 369 g/mol. The van der Waals surface area contributed by atoms with Crippen molar-refractivity contribution in [3.8, 4) is 0 Å². The van der Waals surface area contributed by atoms with Gasteiger partial charge in [-0.25, -0.2) is 9.78 Å². The van der Waals surface area contributed by atoms with Crippen LogP contribution in [0.3, 0.4) is 0 Å². The Labute approximate surface area is 152 Å². The zero-order valence-corrected chi connectivity index (χ0v) is 14.0. The summed E-state index contributed by atoms with van der Waals surface area (Å²) in [5.74, 6) is -1.05. The van der Waals surface area contributed by atoms with Gasteiger partial charge in [-0.1, -0.05) is 36.4 Å². The Morgan fingerprint density at radius 1 is 1.04 bits per heavy atom. The van der Waals surface area contributed by atoms with Crippen molar-refractivity contribution >= 4 is 28.5 Å². The van der Waals surface area contributed by atoms with E-state index < -0.39 is 17.7 Å². The monoisotopic (exact) mass is 369 g/mol. The number of halogens is 3. The van der Waals surface area contributed by atoms with Crippen LogP contribution in [0.15, 0.2) is 48.5 Å². The van der Waals surface area contributed by atoms with E-state index in [0.29, 0.717) is 40.6 Å². The van der Waals surface area contributed by atoms with E-state index in [2.05, 4.69) is 4.98 Å². The lowest BCUT2D eigenvalue weighted by atomic mass is 10.00. The number of para-hydroxylation sites is 1. The van der Waals surface area contributed by atoms with Gasteiger partial charge in [0.1, 0.15) is 0 Å². The molecule has 0 spiro atoms. The largest absolute Gasteiger partial charge is 0.478 e. The number of rotatable bonds is 2. The predicted molar refractivity (Wildman–Crippen MR) is 96.3 cm³/mol. The third-order valence-electron chi connectivity index (χ3n) is 4.75. The van der Waals surface area contributed by atoms with Gasteiger partial charge >= 0.3 is 12.1 Å². The van der Waals surface area contributed by atoms with Crippen LogP contribution in [-0.4, -0.2) is 16.1 Å². The first-order chi connectivity index (χ1) is 12.9. The Hall–Kier alpha value is -3.15. The van der Waals surface area contributed by atoms with E-state index in [1.807, 2.05) is 0 Å². The number of carbonyl (C=O) groups is 1. The van der Waals surface area contributed by atoms with E-state index in [1.165, 1.54) is 18.2 Å².